The highest BCUT2D eigenvalue weighted by Gasteiger charge is 2.33. The fourth-order valence-electron chi connectivity index (χ4n) is 1.63. The van der Waals surface area contributed by atoms with Gasteiger partial charge in [0.2, 0.25) is 0 Å². The van der Waals surface area contributed by atoms with Crippen LogP contribution in [0.2, 0.25) is 0 Å². The number of furan rings is 1. The van der Waals surface area contributed by atoms with Crippen molar-refractivity contribution < 1.29 is 9.52 Å². The van der Waals surface area contributed by atoms with Crippen molar-refractivity contribution in [3.05, 3.63) is 24.2 Å². The van der Waals surface area contributed by atoms with Crippen molar-refractivity contribution in [2.75, 3.05) is 0 Å². The van der Waals surface area contributed by atoms with Gasteiger partial charge in [-0.1, -0.05) is 6.92 Å². The van der Waals surface area contributed by atoms with E-state index in [1.165, 1.54) is 12.8 Å². The van der Waals surface area contributed by atoms with Crippen molar-refractivity contribution in [3.63, 3.8) is 0 Å². The molecule has 1 saturated carbocycles. The smallest absolute Gasteiger partial charge is 0.0960 e. The van der Waals surface area contributed by atoms with Crippen LogP contribution in [-0.2, 0) is 0 Å². The van der Waals surface area contributed by atoms with Gasteiger partial charge in [0.1, 0.15) is 0 Å². The monoisotopic (exact) mass is 166 g/mol. The molecule has 0 spiro atoms. The molecule has 2 atom stereocenters. The highest BCUT2D eigenvalue weighted by molar-refractivity contribution is 5.11. The Balaban J connectivity index is 2.03. The van der Waals surface area contributed by atoms with E-state index in [-0.39, 0.29) is 6.10 Å². The number of rotatable bonds is 3. The molecule has 1 aliphatic carbocycles. The molecule has 1 aromatic rings. The van der Waals surface area contributed by atoms with Crippen molar-refractivity contribution in [1.82, 2.24) is 0 Å². The largest absolute Gasteiger partial charge is 0.472 e. The first-order chi connectivity index (χ1) is 5.79. The van der Waals surface area contributed by atoms with Crippen LogP contribution in [0.15, 0.2) is 23.0 Å². The Bertz CT molecular complexity index is 236. The van der Waals surface area contributed by atoms with E-state index in [0.717, 1.165) is 11.5 Å². The Kier molecular flexibility index (Phi) is 1.93. The number of aliphatic hydroxyl groups is 1. The summed E-state index contributed by atoms with van der Waals surface area (Å²) in [5.74, 6) is 1.11. The second-order valence-electron chi connectivity index (χ2n) is 3.70. The predicted molar refractivity (Wildman–Crippen MR) is 45.6 cm³/mol. The van der Waals surface area contributed by atoms with Crippen molar-refractivity contribution in [1.29, 1.82) is 0 Å². The van der Waals surface area contributed by atoms with Crippen LogP contribution in [0.1, 0.15) is 31.4 Å². The number of hydrogen-bond donors (Lipinski definition) is 1. The Hall–Kier alpha value is -0.760. The Morgan fingerprint density at radius 2 is 2.33 bits per heavy atom. The summed E-state index contributed by atoms with van der Waals surface area (Å²) in [6.07, 6.45) is 5.45. The van der Waals surface area contributed by atoms with Crippen molar-refractivity contribution >= 4 is 0 Å². The van der Waals surface area contributed by atoms with Crippen molar-refractivity contribution in [3.8, 4) is 0 Å². The van der Waals surface area contributed by atoms with Crippen molar-refractivity contribution in [2.45, 2.75) is 25.9 Å². The summed E-state index contributed by atoms with van der Waals surface area (Å²) < 4.78 is 4.93. The lowest BCUT2D eigenvalue weighted by Crippen LogP contribution is -2.09. The third kappa shape index (κ3) is 1.39. The highest BCUT2D eigenvalue weighted by Crippen LogP contribution is 2.42. The van der Waals surface area contributed by atoms with Crippen LogP contribution in [0.25, 0.3) is 0 Å². The van der Waals surface area contributed by atoms with Gasteiger partial charge in [-0.05, 0) is 30.7 Å². The molecular formula is C10H14O2. The first-order valence-electron chi connectivity index (χ1n) is 4.49. The van der Waals surface area contributed by atoms with E-state index >= 15 is 0 Å². The molecule has 0 amide bonds. The molecule has 66 valence electrons. The lowest BCUT2D eigenvalue weighted by molar-refractivity contribution is 0.105. The van der Waals surface area contributed by atoms with Gasteiger partial charge in [-0.3, -0.25) is 0 Å². The van der Waals surface area contributed by atoms with Gasteiger partial charge in [-0.25, -0.2) is 0 Å². The molecule has 2 nitrogen and oxygen atoms in total. The number of aliphatic hydroxyl groups excluding tert-OH is 1. The Morgan fingerprint density at radius 1 is 1.58 bits per heavy atom. The van der Waals surface area contributed by atoms with E-state index < -0.39 is 0 Å². The van der Waals surface area contributed by atoms with Gasteiger partial charge in [0.05, 0.1) is 18.6 Å². The summed E-state index contributed by atoms with van der Waals surface area (Å²) in [6.45, 7) is 2.11. The van der Waals surface area contributed by atoms with Gasteiger partial charge in [0.25, 0.3) is 0 Å². The summed E-state index contributed by atoms with van der Waals surface area (Å²) >= 11 is 0. The molecule has 12 heavy (non-hydrogen) atoms. The van der Waals surface area contributed by atoms with E-state index in [9.17, 15) is 5.11 Å². The molecule has 2 rings (SSSR count). The lowest BCUT2D eigenvalue weighted by Gasteiger charge is -2.16. The fourth-order valence-corrected chi connectivity index (χ4v) is 1.63. The second kappa shape index (κ2) is 2.94. The van der Waals surface area contributed by atoms with Gasteiger partial charge in [0.15, 0.2) is 0 Å². The van der Waals surface area contributed by atoms with Crippen LogP contribution in [0.4, 0.5) is 0 Å². The lowest BCUT2D eigenvalue weighted by atomic mass is 9.95. The molecule has 1 aliphatic rings. The first kappa shape index (κ1) is 7.87. The normalized spacial score (nSPS) is 22.2. The molecular weight excluding hydrogens is 152 g/mol. The van der Waals surface area contributed by atoms with Gasteiger partial charge < -0.3 is 9.52 Å². The molecule has 0 aromatic carbocycles. The van der Waals surface area contributed by atoms with E-state index in [0.29, 0.717) is 5.92 Å². The minimum atomic E-state index is -0.337. The maximum absolute atomic E-state index is 9.83. The minimum absolute atomic E-state index is 0.337. The Morgan fingerprint density at radius 3 is 2.83 bits per heavy atom. The summed E-state index contributed by atoms with van der Waals surface area (Å²) in [5.41, 5.74) is 0.911. The molecule has 0 radical (unpaired) electrons. The predicted octanol–water partition coefficient (Wildman–Crippen LogP) is 2.36. The number of hydrogen-bond acceptors (Lipinski definition) is 2. The van der Waals surface area contributed by atoms with E-state index in [2.05, 4.69) is 6.92 Å². The molecule has 0 bridgehead atoms. The van der Waals surface area contributed by atoms with Crippen LogP contribution in [0.3, 0.4) is 0 Å². The zero-order valence-corrected chi connectivity index (χ0v) is 7.23. The van der Waals surface area contributed by atoms with Crippen molar-refractivity contribution in [2.24, 2.45) is 11.8 Å². The maximum atomic E-state index is 9.83. The van der Waals surface area contributed by atoms with Crippen LogP contribution in [0.5, 0.6) is 0 Å². The van der Waals surface area contributed by atoms with E-state index in [1.54, 1.807) is 12.5 Å². The quantitative estimate of drug-likeness (QED) is 0.747. The SMILES string of the molecule is CC(C1CC1)C(O)c1ccoc1. The standard InChI is InChI=1S/C10H14O2/c1-7(8-2-3-8)10(11)9-4-5-12-6-9/h4-8,10-11H,2-3H2,1H3. The summed E-state index contributed by atoms with van der Waals surface area (Å²) in [7, 11) is 0. The molecule has 2 unspecified atom stereocenters. The third-order valence-electron chi connectivity index (χ3n) is 2.75. The van der Waals surface area contributed by atoms with Crippen LogP contribution < -0.4 is 0 Å². The van der Waals surface area contributed by atoms with E-state index in [4.69, 9.17) is 4.42 Å². The van der Waals surface area contributed by atoms with Crippen LogP contribution in [-0.4, -0.2) is 5.11 Å². The first-order valence-corrected chi connectivity index (χ1v) is 4.49. The minimum Gasteiger partial charge on any atom is -0.472 e. The topological polar surface area (TPSA) is 33.4 Å². The Labute approximate surface area is 72.2 Å². The molecule has 0 aliphatic heterocycles. The summed E-state index contributed by atoms with van der Waals surface area (Å²) in [4.78, 5) is 0. The zero-order chi connectivity index (χ0) is 8.55. The molecule has 2 heteroatoms. The van der Waals surface area contributed by atoms with E-state index in [1.807, 2.05) is 6.07 Å². The van der Waals surface area contributed by atoms with Gasteiger partial charge in [-0.15, -0.1) is 0 Å². The fraction of sp³-hybridized carbons (Fsp3) is 0.600. The maximum Gasteiger partial charge on any atom is 0.0960 e. The van der Waals surface area contributed by atoms with Gasteiger partial charge >= 0.3 is 0 Å². The third-order valence-corrected chi connectivity index (χ3v) is 2.75. The summed E-state index contributed by atoms with van der Waals surface area (Å²) in [6, 6.07) is 1.84. The van der Waals surface area contributed by atoms with Gasteiger partial charge in [-0.2, -0.15) is 0 Å². The molecule has 0 saturated heterocycles. The van der Waals surface area contributed by atoms with Crippen LogP contribution >= 0.6 is 0 Å². The molecule has 1 aromatic heterocycles. The average Bonchev–Trinajstić information content (AvgIpc) is 2.79. The van der Waals surface area contributed by atoms with Crippen LogP contribution in [0, 0.1) is 11.8 Å². The highest BCUT2D eigenvalue weighted by atomic mass is 16.3. The van der Waals surface area contributed by atoms with Gasteiger partial charge in [0, 0.05) is 5.56 Å². The second-order valence-corrected chi connectivity index (χ2v) is 3.70. The molecule has 1 fully saturated rings. The molecule has 1 N–H and O–H groups in total. The summed E-state index contributed by atoms with van der Waals surface area (Å²) in [5, 5.41) is 9.83. The zero-order valence-electron chi connectivity index (χ0n) is 7.23. The average molecular weight is 166 g/mol. The molecule has 1 heterocycles.